The fourth-order valence-electron chi connectivity index (χ4n) is 2.57. The molecule has 0 unspecified atom stereocenters. The molecule has 1 saturated heterocycles. The van der Waals surface area contributed by atoms with Gasteiger partial charge in [-0.1, -0.05) is 18.2 Å². The Morgan fingerprint density at radius 3 is 2.04 bits per heavy atom. The largest absolute Gasteiger partial charge is 0.388 e. The minimum Gasteiger partial charge on any atom is -0.388 e. The van der Waals surface area contributed by atoms with Gasteiger partial charge in [-0.15, -0.1) is 0 Å². The molecule has 132 valence electrons. The van der Waals surface area contributed by atoms with Crippen LogP contribution in [0, 0.1) is 0 Å². The standard InChI is InChI=1S/C18H21N3O4/c1-11-15(22)16(23)17(24)18(25-11)19-12-7-9-14(10-8-12)21-20-13-5-3-2-4-6-13/h2-11,15-19,22-24H,1H3/t11-,15-,16-,17-,18+/m0/s1. The number of nitrogens with one attached hydrogen (secondary N) is 1. The van der Waals surface area contributed by atoms with Crippen LogP contribution in [0.5, 0.6) is 0 Å². The van der Waals surface area contributed by atoms with Crippen LogP contribution < -0.4 is 5.32 Å². The number of hydrogen-bond donors (Lipinski definition) is 4. The minimum atomic E-state index is -1.26. The van der Waals surface area contributed by atoms with Crippen LogP contribution in [0.4, 0.5) is 17.1 Å². The van der Waals surface area contributed by atoms with Crippen LogP contribution in [0.3, 0.4) is 0 Å². The molecule has 1 aliphatic rings. The second-order valence-electron chi connectivity index (χ2n) is 5.96. The first kappa shape index (κ1) is 17.5. The molecule has 1 aliphatic heterocycles. The zero-order valence-corrected chi connectivity index (χ0v) is 13.7. The van der Waals surface area contributed by atoms with E-state index in [2.05, 4.69) is 15.5 Å². The predicted octanol–water partition coefficient (Wildman–Crippen LogP) is 2.34. The third-order valence-electron chi connectivity index (χ3n) is 4.07. The molecule has 2 aromatic rings. The van der Waals surface area contributed by atoms with E-state index in [1.807, 2.05) is 30.3 Å². The fraction of sp³-hybridized carbons (Fsp3) is 0.333. The highest BCUT2D eigenvalue weighted by Crippen LogP contribution is 2.24. The molecular formula is C18H21N3O4. The molecule has 3 rings (SSSR count). The molecule has 1 fully saturated rings. The summed E-state index contributed by atoms with van der Waals surface area (Å²) in [4.78, 5) is 0. The monoisotopic (exact) mass is 343 g/mol. The Morgan fingerprint density at radius 1 is 0.800 bits per heavy atom. The molecule has 5 atom stereocenters. The maximum atomic E-state index is 10.0. The molecule has 0 aliphatic carbocycles. The number of aliphatic hydroxyl groups excluding tert-OH is 3. The van der Waals surface area contributed by atoms with Gasteiger partial charge in [0.1, 0.15) is 18.3 Å². The van der Waals surface area contributed by atoms with Crippen molar-refractivity contribution < 1.29 is 20.1 Å². The van der Waals surface area contributed by atoms with E-state index >= 15 is 0 Å². The average molecular weight is 343 g/mol. The lowest BCUT2D eigenvalue weighted by molar-refractivity contribution is -0.209. The van der Waals surface area contributed by atoms with E-state index in [4.69, 9.17) is 4.74 Å². The SMILES string of the molecule is C[C@@H]1O[C@@H](Nc2ccc(N=Nc3ccccc3)cc2)[C@@H](O)[C@@H](O)[C@H]1O. The van der Waals surface area contributed by atoms with Crippen LogP contribution in [0.15, 0.2) is 64.8 Å². The molecule has 4 N–H and O–H groups in total. The van der Waals surface area contributed by atoms with Gasteiger partial charge in [-0.3, -0.25) is 0 Å². The third kappa shape index (κ3) is 4.21. The molecule has 0 bridgehead atoms. The molecule has 7 heteroatoms. The van der Waals surface area contributed by atoms with Crippen molar-refractivity contribution in [3.05, 3.63) is 54.6 Å². The van der Waals surface area contributed by atoms with Crippen molar-refractivity contribution in [2.24, 2.45) is 10.2 Å². The van der Waals surface area contributed by atoms with Gasteiger partial charge in [0, 0.05) is 5.69 Å². The lowest BCUT2D eigenvalue weighted by atomic mass is 9.99. The summed E-state index contributed by atoms with van der Waals surface area (Å²) in [5.41, 5.74) is 2.15. The number of aliphatic hydroxyl groups is 3. The van der Waals surface area contributed by atoms with E-state index in [-0.39, 0.29) is 0 Å². The summed E-state index contributed by atoms with van der Waals surface area (Å²) in [7, 11) is 0. The van der Waals surface area contributed by atoms with Crippen LogP contribution in [-0.2, 0) is 4.74 Å². The van der Waals surface area contributed by atoms with Crippen molar-refractivity contribution >= 4 is 17.1 Å². The van der Waals surface area contributed by atoms with E-state index in [1.165, 1.54) is 0 Å². The van der Waals surface area contributed by atoms with Gasteiger partial charge in [-0.2, -0.15) is 10.2 Å². The molecule has 25 heavy (non-hydrogen) atoms. The molecule has 7 nitrogen and oxygen atoms in total. The summed E-state index contributed by atoms with van der Waals surface area (Å²) in [5.74, 6) is 0. The lowest BCUT2D eigenvalue weighted by Gasteiger charge is -2.39. The van der Waals surface area contributed by atoms with Gasteiger partial charge >= 0.3 is 0 Å². The van der Waals surface area contributed by atoms with Crippen LogP contribution >= 0.6 is 0 Å². The van der Waals surface area contributed by atoms with Crippen molar-refractivity contribution in [1.82, 2.24) is 0 Å². The summed E-state index contributed by atoms with van der Waals surface area (Å²) >= 11 is 0. The number of azo groups is 1. The van der Waals surface area contributed by atoms with Crippen molar-refractivity contribution in [1.29, 1.82) is 0 Å². The van der Waals surface area contributed by atoms with Gasteiger partial charge in [0.2, 0.25) is 0 Å². The number of anilines is 1. The number of nitrogens with zero attached hydrogens (tertiary/aromatic N) is 2. The molecular weight excluding hydrogens is 322 g/mol. The average Bonchev–Trinajstić information content (AvgIpc) is 2.64. The summed E-state index contributed by atoms with van der Waals surface area (Å²) < 4.78 is 5.51. The lowest BCUT2D eigenvalue weighted by Crippen LogP contribution is -2.58. The minimum absolute atomic E-state index is 0.588. The molecule has 1 heterocycles. The first-order valence-electron chi connectivity index (χ1n) is 8.07. The van der Waals surface area contributed by atoms with Crippen LogP contribution in [0.25, 0.3) is 0 Å². The van der Waals surface area contributed by atoms with E-state index in [1.54, 1.807) is 31.2 Å². The summed E-state index contributed by atoms with van der Waals surface area (Å²) in [6.45, 7) is 1.64. The Morgan fingerprint density at radius 2 is 1.40 bits per heavy atom. The van der Waals surface area contributed by atoms with Crippen molar-refractivity contribution in [3.63, 3.8) is 0 Å². The molecule has 2 aromatic carbocycles. The number of benzene rings is 2. The van der Waals surface area contributed by atoms with Crippen molar-refractivity contribution in [2.75, 3.05) is 5.32 Å². The smallest absolute Gasteiger partial charge is 0.157 e. The third-order valence-corrected chi connectivity index (χ3v) is 4.07. The fourth-order valence-corrected chi connectivity index (χ4v) is 2.57. The number of ether oxygens (including phenoxy) is 1. The van der Waals surface area contributed by atoms with E-state index in [0.717, 1.165) is 5.69 Å². The maximum absolute atomic E-state index is 10.0. The van der Waals surface area contributed by atoms with Crippen molar-refractivity contribution in [2.45, 2.75) is 37.6 Å². The van der Waals surface area contributed by atoms with Gasteiger partial charge < -0.3 is 25.4 Å². The first-order chi connectivity index (χ1) is 12.0. The second kappa shape index (κ2) is 7.71. The van der Waals surface area contributed by atoms with Gasteiger partial charge in [-0.05, 0) is 43.3 Å². The highest BCUT2D eigenvalue weighted by molar-refractivity contribution is 5.51. The van der Waals surface area contributed by atoms with E-state index in [0.29, 0.717) is 11.4 Å². The zero-order valence-electron chi connectivity index (χ0n) is 13.7. The van der Waals surface area contributed by atoms with Crippen LogP contribution in [-0.4, -0.2) is 46.0 Å². The molecule has 0 spiro atoms. The predicted molar refractivity (Wildman–Crippen MR) is 93.0 cm³/mol. The van der Waals surface area contributed by atoms with Crippen LogP contribution in [0.1, 0.15) is 6.92 Å². The molecule has 0 amide bonds. The Labute approximate surface area is 145 Å². The Bertz CT molecular complexity index is 708. The Balaban J connectivity index is 1.64. The molecule has 0 saturated carbocycles. The summed E-state index contributed by atoms with van der Waals surface area (Å²) in [6, 6.07) is 16.5. The summed E-state index contributed by atoms with van der Waals surface area (Å²) in [6.07, 6.45) is -5.02. The number of hydrogen-bond acceptors (Lipinski definition) is 7. The van der Waals surface area contributed by atoms with E-state index < -0.39 is 30.6 Å². The normalized spacial score (nSPS) is 29.7. The molecule has 0 radical (unpaired) electrons. The quantitative estimate of drug-likeness (QED) is 0.638. The number of rotatable bonds is 4. The van der Waals surface area contributed by atoms with E-state index in [9.17, 15) is 15.3 Å². The van der Waals surface area contributed by atoms with Gasteiger partial charge in [-0.25, -0.2) is 0 Å². The van der Waals surface area contributed by atoms with Gasteiger partial charge in [0.25, 0.3) is 0 Å². The highest BCUT2D eigenvalue weighted by Gasteiger charge is 2.41. The highest BCUT2D eigenvalue weighted by atomic mass is 16.5. The second-order valence-corrected chi connectivity index (χ2v) is 5.96. The van der Waals surface area contributed by atoms with Crippen molar-refractivity contribution in [3.8, 4) is 0 Å². The topological polar surface area (TPSA) is 107 Å². The van der Waals surface area contributed by atoms with Gasteiger partial charge in [0.15, 0.2) is 6.23 Å². The Kier molecular flexibility index (Phi) is 5.40. The van der Waals surface area contributed by atoms with Gasteiger partial charge in [0.05, 0.1) is 17.5 Å². The first-order valence-corrected chi connectivity index (χ1v) is 8.07. The zero-order chi connectivity index (χ0) is 17.8. The Hall–Kier alpha value is -2.32. The summed E-state index contributed by atoms with van der Waals surface area (Å²) in [5, 5.41) is 40.9. The molecule has 0 aromatic heterocycles. The maximum Gasteiger partial charge on any atom is 0.157 e. The van der Waals surface area contributed by atoms with Crippen LogP contribution in [0.2, 0.25) is 0 Å².